The van der Waals surface area contributed by atoms with Crippen molar-refractivity contribution in [2.24, 2.45) is 7.05 Å². The predicted octanol–water partition coefficient (Wildman–Crippen LogP) is 2.16. The van der Waals surface area contributed by atoms with E-state index in [1.165, 1.54) is 0 Å². The van der Waals surface area contributed by atoms with Crippen LogP contribution < -0.4 is 5.32 Å². The van der Waals surface area contributed by atoms with Gasteiger partial charge in [-0.2, -0.15) is 5.10 Å². The van der Waals surface area contributed by atoms with Crippen LogP contribution in [-0.4, -0.2) is 44.1 Å². The van der Waals surface area contributed by atoms with E-state index in [1.54, 1.807) is 4.68 Å². The van der Waals surface area contributed by atoms with Crippen LogP contribution in [0, 0.1) is 13.8 Å². The molecule has 1 N–H and O–H groups in total. The van der Waals surface area contributed by atoms with Gasteiger partial charge in [-0.15, -0.1) is 0 Å². The van der Waals surface area contributed by atoms with E-state index in [4.69, 9.17) is 0 Å². The van der Waals surface area contributed by atoms with Gasteiger partial charge in [0.1, 0.15) is 11.6 Å². The Bertz CT molecular complexity index is 769. The van der Waals surface area contributed by atoms with E-state index in [0.717, 1.165) is 54.4 Å². The highest BCUT2D eigenvalue weighted by molar-refractivity contribution is 5.77. The molecule has 3 heterocycles. The number of hydrogen-bond acceptors (Lipinski definition) is 5. The lowest BCUT2D eigenvalue weighted by Gasteiger charge is -2.25. The number of nitrogens with zero attached hydrogens (tertiary/aromatic N) is 5. The second-order valence-electron chi connectivity index (χ2n) is 6.63. The van der Waals surface area contributed by atoms with E-state index in [1.807, 2.05) is 45.1 Å². The summed E-state index contributed by atoms with van der Waals surface area (Å²) in [6.07, 6.45) is 5.20. The van der Waals surface area contributed by atoms with Gasteiger partial charge < -0.3 is 10.2 Å². The highest BCUT2D eigenvalue weighted by Crippen LogP contribution is 2.32. The number of carbonyl (C=O) groups is 1. The molecule has 25 heavy (non-hydrogen) atoms. The summed E-state index contributed by atoms with van der Waals surface area (Å²) < 4.78 is 1.80. The molecule has 0 aromatic carbocycles. The Morgan fingerprint density at radius 3 is 2.84 bits per heavy atom. The van der Waals surface area contributed by atoms with Crippen molar-refractivity contribution in [1.82, 2.24) is 24.6 Å². The second-order valence-corrected chi connectivity index (χ2v) is 6.63. The molecule has 7 heteroatoms. The Kier molecular flexibility index (Phi) is 5.01. The molecule has 1 amide bonds. The summed E-state index contributed by atoms with van der Waals surface area (Å²) in [7, 11) is 3.75. The van der Waals surface area contributed by atoms with E-state index < -0.39 is 0 Å². The van der Waals surface area contributed by atoms with Crippen molar-refractivity contribution in [2.45, 2.75) is 45.6 Å². The quantitative estimate of drug-likeness (QED) is 0.901. The van der Waals surface area contributed by atoms with Crippen LogP contribution in [0.4, 0.5) is 5.82 Å². The Morgan fingerprint density at radius 1 is 1.36 bits per heavy atom. The third kappa shape index (κ3) is 3.81. The van der Waals surface area contributed by atoms with Crippen molar-refractivity contribution < 1.29 is 4.79 Å². The molecule has 0 saturated carbocycles. The first-order valence-corrected chi connectivity index (χ1v) is 8.80. The molecule has 0 aliphatic carbocycles. The Labute approximate surface area is 148 Å². The molecule has 1 atom stereocenters. The Hall–Kier alpha value is -2.44. The van der Waals surface area contributed by atoms with Crippen LogP contribution in [0.2, 0.25) is 0 Å². The third-order valence-corrected chi connectivity index (χ3v) is 4.75. The number of amides is 1. The first-order valence-electron chi connectivity index (χ1n) is 8.80. The lowest BCUT2D eigenvalue weighted by Crippen LogP contribution is -2.31. The first-order chi connectivity index (χ1) is 12.0. The maximum absolute atomic E-state index is 12.8. The lowest BCUT2D eigenvalue weighted by atomic mass is 10.1. The van der Waals surface area contributed by atoms with Gasteiger partial charge in [0.25, 0.3) is 0 Å². The molecule has 0 unspecified atom stereocenters. The lowest BCUT2D eigenvalue weighted by molar-refractivity contribution is -0.132. The summed E-state index contributed by atoms with van der Waals surface area (Å²) in [6, 6.07) is 2.01. The molecule has 2 aromatic heterocycles. The average Bonchev–Trinajstić information content (AvgIpc) is 3.18. The topological polar surface area (TPSA) is 75.9 Å². The summed E-state index contributed by atoms with van der Waals surface area (Å²) in [6.45, 7) is 4.67. The molecule has 0 radical (unpaired) electrons. The smallest absolute Gasteiger partial charge is 0.223 e. The van der Waals surface area contributed by atoms with Gasteiger partial charge in [0.15, 0.2) is 0 Å². The number of anilines is 1. The number of carbonyl (C=O) groups excluding carboxylic acids is 1. The Balaban J connectivity index is 1.71. The van der Waals surface area contributed by atoms with E-state index in [9.17, 15) is 4.79 Å². The predicted molar refractivity (Wildman–Crippen MR) is 96.3 cm³/mol. The Morgan fingerprint density at radius 2 is 2.16 bits per heavy atom. The minimum atomic E-state index is 0.0521. The zero-order chi connectivity index (χ0) is 18.0. The van der Waals surface area contributed by atoms with Crippen LogP contribution in [0.1, 0.15) is 48.1 Å². The fourth-order valence-electron chi connectivity index (χ4n) is 3.54. The molecule has 134 valence electrons. The molecule has 0 bridgehead atoms. The van der Waals surface area contributed by atoms with Gasteiger partial charge in [0.05, 0.1) is 17.4 Å². The van der Waals surface area contributed by atoms with Crippen molar-refractivity contribution in [2.75, 3.05) is 18.9 Å². The van der Waals surface area contributed by atoms with E-state index in [-0.39, 0.29) is 11.9 Å². The number of nitrogens with one attached hydrogen (secondary N) is 1. The monoisotopic (exact) mass is 342 g/mol. The van der Waals surface area contributed by atoms with E-state index >= 15 is 0 Å². The summed E-state index contributed by atoms with van der Waals surface area (Å²) >= 11 is 0. The van der Waals surface area contributed by atoms with Crippen LogP contribution in [-0.2, 0) is 18.3 Å². The van der Waals surface area contributed by atoms with Gasteiger partial charge >= 0.3 is 0 Å². The van der Waals surface area contributed by atoms with E-state index in [2.05, 4.69) is 20.4 Å². The average molecular weight is 342 g/mol. The van der Waals surface area contributed by atoms with Crippen molar-refractivity contribution in [1.29, 1.82) is 0 Å². The number of likely N-dealkylation sites (tertiary alicyclic amines) is 1. The molecule has 1 saturated heterocycles. The molecule has 1 aliphatic rings. The minimum absolute atomic E-state index is 0.0521. The third-order valence-electron chi connectivity index (χ3n) is 4.75. The fraction of sp³-hybridized carbons (Fsp3) is 0.556. The number of aryl methyl sites for hydroxylation is 4. The minimum Gasteiger partial charge on any atom is -0.373 e. The van der Waals surface area contributed by atoms with Gasteiger partial charge in [-0.05, 0) is 38.7 Å². The zero-order valence-corrected chi connectivity index (χ0v) is 15.4. The van der Waals surface area contributed by atoms with Crippen molar-refractivity contribution >= 4 is 11.7 Å². The molecule has 0 spiro atoms. The van der Waals surface area contributed by atoms with Crippen molar-refractivity contribution in [3.05, 3.63) is 35.0 Å². The van der Waals surface area contributed by atoms with Crippen molar-refractivity contribution in [3.8, 4) is 0 Å². The fourth-order valence-corrected chi connectivity index (χ4v) is 3.54. The highest BCUT2D eigenvalue weighted by atomic mass is 16.2. The molecule has 3 rings (SSSR count). The first kappa shape index (κ1) is 17.4. The van der Waals surface area contributed by atoms with Crippen LogP contribution in [0.25, 0.3) is 0 Å². The zero-order valence-electron chi connectivity index (χ0n) is 15.4. The van der Waals surface area contributed by atoms with Gasteiger partial charge in [0, 0.05) is 39.3 Å². The molecular formula is C18H26N6O. The van der Waals surface area contributed by atoms with Gasteiger partial charge in [-0.25, -0.2) is 9.97 Å². The van der Waals surface area contributed by atoms with Gasteiger partial charge in [0.2, 0.25) is 5.91 Å². The maximum atomic E-state index is 12.8. The summed E-state index contributed by atoms with van der Waals surface area (Å²) in [5.41, 5.74) is 3.07. The second kappa shape index (κ2) is 7.21. The molecule has 1 aliphatic heterocycles. The molecule has 1 fully saturated rings. The van der Waals surface area contributed by atoms with E-state index in [0.29, 0.717) is 6.42 Å². The number of rotatable bonds is 5. The SMILES string of the molecule is CNc1cc([C@@H]2CCCN2C(=O)CCc2cn(C)nc2C)nc(C)n1. The van der Waals surface area contributed by atoms with Gasteiger partial charge in [-0.1, -0.05) is 0 Å². The van der Waals surface area contributed by atoms with Crippen molar-refractivity contribution in [3.63, 3.8) is 0 Å². The molecule has 7 nitrogen and oxygen atoms in total. The van der Waals surface area contributed by atoms with Crippen LogP contribution in [0.15, 0.2) is 12.3 Å². The standard InChI is InChI=1S/C18H26N6O/c1-12-14(11-23(4)22-12)7-8-18(25)24-9-5-6-16(24)15-10-17(19-3)21-13(2)20-15/h10-11,16H,5-9H2,1-4H3,(H,19,20,21)/t16-/m0/s1. The summed E-state index contributed by atoms with van der Waals surface area (Å²) in [4.78, 5) is 23.7. The largest absolute Gasteiger partial charge is 0.373 e. The van der Waals surface area contributed by atoms with Crippen LogP contribution >= 0.6 is 0 Å². The normalized spacial score (nSPS) is 17.1. The maximum Gasteiger partial charge on any atom is 0.223 e. The summed E-state index contributed by atoms with van der Waals surface area (Å²) in [5.74, 6) is 1.72. The summed E-state index contributed by atoms with van der Waals surface area (Å²) in [5, 5.41) is 7.41. The van der Waals surface area contributed by atoms with Crippen LogP contribution in [0.5, 0.6) is 0 Å². The number of hydrogen-bond donors (Lipinski definition) is 1. The van der Waals surface area contributed by atoms with Gasteiger partial charge in [-0.3, -0.25) is 9.48 Å². The van der Waals surface area contributed by atoms with Crippen LogP contribution in [0.3, 0.4) is 0 Å². The molecular weight excluding hydrogens is 316 g/mol. The molecule has 2 aromatic rings. The number of aromatic nitrogens is 4. The highest BCUT2D eigenvalue weighted by Gasteiger charge is 2.31.